The predicted molar refractivity (Wildman–Crippen MR) is 71.3 cm³/mol. The molecule has 1 aromatic carbocycles. The third-order valence-corrected chi connectivity index (χ3v) is 2.86. The van der Waals surface area contributed by atoms with Crippen molar-refractivity contribution in [3.05, 3.63) is 35.4 Å². The second-order valence-electron chi connectivity index (χ2n) is 4.40. The van der Waals surface area contributed by atoms with Gasteiger partial charge in [0.2, 0.25) is 0 Å². The first-order valence-corrected chi connectivity index (χ1v) is 6.31. The molecule has 9 heteroatoms. The van der Waals surface area contributed by atoms with Crippen LogP contribution in [0.4, 0.5) is 13.2 Å². The number of methoxy groups -OCH3 is 2. The molecule has 1 atom stereocenters. The molecule has 1 N–H and O–H groups in total. The lowest BCUT2D eigenvalue weighted by Crippen LogP contribution is -2.43. The van der Waals surface area contributed by atoms with E-state index >= 15 is 0 Å². The third-order valence-electron chi connectivity index (χ3n) is 2.86. The smallest absolute Gasteiger partial charge is 0.416 e. The van der Waals surface area contributed by atoms with Crippen LogP contribution in [0.25, 0.3) is 0 Å². The molecular formula is C14H14F3NO5. The van der Waals surface area contributed by atoms with Gasteiger partial charge in [0.1, 0.15) is 6.04 Å². The highest BCUT2D eigenvalue weighted by Gasteiger charge is 2.30. The molecule has 0 aliphatic heterocycles. The monoisotopic (exact) mass is 333 g/mol. The average Bonchev–Trinajstić information content (AvgIpc) is 2.52. The van der Waals surface area contributed by atoms with Crippen LogP contribution in [0, 0.1) is 0 Å². The Morgan fingerprint density at radius 3 is 2.09 bits per heavy atom. The number of rotatable bonds is 5. The maximum atomic E-state index is 12.5. The van der Waals surface area contributed by atoms with Crippen LogP contribution >= 0.6 is 0 Å². The molecule has 0 radical (unpaired) electrons. The second-order valence-corrected chi connectivity index (χ2v) is 4.40. The number of ether oxygens (including phenoxy) is 2. The van der Waals surface area contributed by atoms with Crippen molar-refractivity contribution in [2.24, 2.45) is 0 Å². The summed E-state index contributed by atoms with van der Waals surface area (Å²) < 4.78 is 46.2. The van der Waals surface area contributed by atoms with Crippen LogP contribution in [-0.4, -0.2) is 38.1 Å². The molecule has 1 rings (SSSR count). The summed E-state index contributed by atoms with van der Waals surface area (Å²) >= 11 is 0. The van der Waals surface area contributed by atoms with E-state index < -0.39 is 42.0 Å². The second kappa shape index (κ2) is 7.61. The Balaban J connectivity index is 2.86. The van der Waals surface area contributed by atoms with Crippen molar-refractivity contribution in [3.63, 3.8) is 0 Å². The Bertz CT molecular complexity index is 583. The highest BCUT2D eigenvalue weighted by Crippen LogP contribution is 2.29. The van der Waals surface area contributed by atoms with Crippen LogP contribution in [-0.2, 0) is 25.2 Å². The van der Waals surface area contributed by atoms with E-state index in [-0.39, 0.29) is 5.56 Å². The number of benzene rings is 1. The van der Waals surface area contributed by atoms with Gasteiger partial charge in [0, 0.05) is 5.56 Å². The standard InChI is InChI=1S/C14H14F3NO5/c1-22-11(19)7-10(13(21)23-2)18-12(20)8-3-5-9(6-4-8)14(15,16)17/h3-6,10H,7H2,1-2H3,(H,18,20)/t10-/m0/s1. The summed E-state index contributed by atoms with van der Waals surface area (Å²) in [5, 5.41) is 2.21. The molecular weight excluding hydrogens is 319 g/mol. The molecule has 0 unspecified atom stereocenters. The number of halogens is 3. The highest BCUT2D eigenvalue weighted by molar-refractivity contribution is 5.97. The maximum absolute atomic E-state index is 12.5. The summed E-state index contributed by atoms with van der Waals surface area (Å²) in [6, 6.07) is 2.10. The fourth-order valence-corrected chi connectivity index (χ4v) is 1.64. The van der Waals surface area contributed by atoms with E-state index in [1.165, 1.54) is 0 Å². The summed E-state index contributed by atoms with van der Waals surface area (Å²) in [6.45, 7) is 0. The molecule has 0 aliphatic rings. The number of hydrogen-bond donors (Lipinski definition) is 1. The molecule has 0 saturated heterocycles. The molecule has 0 aliphatic carbocycles. The molecule has 0 spiro atoms. The normalized spacial score (nSPS) is 12.2. The first-order chi connectivity index (χ1) is 10.7. The van der Waals surface area contributed by atoms with Gasteiger partial charge in [0.15, 0.2) is 0 Å². The van der Waals surface area contributed by atoms with Crippen molar-refractivity contribution in [3.8, 4) is 0 Å². The number of hydrogen-bond acceptors (Lipinski definition) is 5. The number of amides is 1. The van der Waals surface area contributed by atoms with E-state index in [1.54, 1.807) is 0 Å². The molecule has 0 bridgehead atoms. The van der Waals surface area contributed by atoms with Gasteiger partial charge in [-0.1, -0.05) is 0 Å². The minimum Gasteiger partial charge on any atom is -0.469 e. The van der Waals surface area contributed by atoms with Crippen molar-refractivity contribution in [1.82, 2.24) is 5.32 Å². The number of carbonyl (C=O) groups is 3. The Labute approximate surface area is 129 Å². The summed E-state index contributed by atoms with van der Waals surface area (Å²) in [5.41, 5.74) is -1.01. The minimum absolute atomic E-state index is 0.100. The Kier molecular flexibility index (Phi) is 6.11. The quantitative estimate of drug-likeness (QED) is 0.827. The zero-order valence-electron chi connectivity index (χ0n) is 12.3. The summed E-state index contributed by atoms with van der Waals surface area (Å²) in [4.78, 5) is 34.7. The van der Waals surface area contributed by atoms with Crippen molar-refractivity contribution in [2.75, 3.05) is 14.2 Å². The van der Waals surface area contributed by atoms with Crippen LogP contribution < -0.4 is 5.32 Å². The summed E-state index contributed by atoms with van der Waals surface area (Å²) in [6.07, 6.45) is -4.98. The van der Waals surface area contributed by atoms with Crippen LogP contribution in [0.2, 0.25) is 0 Å². The van der Waals surface area contributed by atoms with E-state index in [1.807, 2.05) is 0 Å². The Morgan fingerprint density at radius 1 is 1.09 bits per heavy atom. The van der Waals surface area contributed by atoms with Gasteiger partial charge in [0.05, 0.1) is 26.2 Å². The van der Waals surface area contributed by atoms with Gasteiger partial charge in [-0.2, -0.15) is 13.2 Å². The first-order valence-electron chi connectivity index (χ1n) is 6.31. The van der Waals surface area contributed by atoms with Gasteiger partial charge >= 0.3 is 18.1 Å². The SMILES string of the molecule is COC(=O)C[C@H](NC(=O)c1ccc(C(F)(F)F)cc1)C(=O)OC. The van der Waals surface area contributed by atoms with Gasteiger partial charge < -0.3 is 14.8 Å². The van der Waals surface area contributed by atoms with E-state index in [9.17, 15) is 27.6 Å². The Hall–Kier alpha value is -2.58. The fraction of sp³-hybridized carbons (Fsp3) is 0.357. The molecule has 6 nitrogen and oxygen atoms in total. The predicted octanol–water partition coefficient (Wildman–Crippen LogP) is 1.54. The molecule has 1 amide bonds. The molecule has 0 heterocycles. The molecule has 1 aromatic rings. The average molecular weight is 333 g/mol. The highest BCUT2D eigenvalue weighted by atomic mass is 19.4. The van der Waals surface area contributed by atoms with Crippen molar-refractivity contribution in [2.45, 2.75) is 18.6 Å². The molecule has 0 fully saturated rings. The van der Waals surface area contributed by atoms with Gasteiger partial charge in [-0.3, -0.25) is 9.59 Å². The lowest BCUT2D eigenvalue weighted by atomic mass is 10.1. The lowest BCUT2D eigenvalue weighted by Gasteiger charge is -2.15. The molecule has 0 aromatic heterocycles. The number of nitrogens with one attached hydrogen (secondary N) is 1. The van der Waals surface area contributed by atoms with Crippen molar-refractivity contribution >= 4 is 17.8 Å². The number of carbonyl (C=O) groups excluding carboxylic acids is 3. The topological polar surface area (TPSA) is 81.7 Å². The van der Waals surface area contributed by atoms with Crippen LogP contribution in [0.15, 0.2) is 24.3 Å². The fourth-order valence-electron chi connectivity index (χ4n) is 1.64. The first kappa shape index (κ1) is 18.5. The van der Waals surface area contributed by atoms with E-state index in [2.05, 4.69) is 14.8 Å². The van der Waals surface area contributed by atoms with Gasteiger partial charge in [-0.15, -0.1) is 0 Å². The van der Waals surface area contributed by atoms with Gasteiger partial charge in [-0.05, 0) is 24.3 Å². The number of alkyl halides is 3. The molecule has 126 valence electrons. The maximum Gasteiger partial charge on any atom is 0.416 e. The number of esters is 2. The summed E-state index contributed by atoms with van der Waals surface area (Å²) in [5.74, 6) is -2.46. The third kappa shape index (κ3) is 5.28. The summed E-state index contributed by atoms with van der Waals surface area (Å²) in [7, 11) is 2.17. The van der Waals surface area contributed by atoms with Crippen LogP contribution in [0.1, 0.15) is 22.3 Å². The van der Waals surface area contributed by atoms with Crippen LogP contribution in [0.3, 0.4) is 0 Å². The largest absolute Gasteiger partial charge is 0.469 e. The molecule has 0 saturated carbocycles. The zero-order valence-corrected chi connectivity index (χ0v) is 12.3. The van der Waals surface area contributed by atoms with Crippen LogP contribution in [0.5, 0.6) is 0 Å². The van der Waals surface area contributed by atoms with E-state index in [4.69, 9.17) is 0 Å². The van der Waals surface area contributed by atoms with Crippen molar-refractivity contribution in [1.29, 1.82) is 0 Å². The molecule has 23 heavy (non-hydrogen) atoms. The Morgan fingerprint density at radius 2 is 1.65 bits per heavy atom. The van der Waals surface area contributed by atoms with E-state index in [0.29, 0.717) is 0 Å². The lowest BCUT2D eigenvalue weighted by molar-refractivity contribution is -0.149. The van der Waals surface area contributed by atoms with Gasteiger partial charge in [0.25, 0.3) is 5.91 Å². The van der Waals surface area contributed by atoms with E-state index in [0.717, 1.165) is 38.5 Å². The minimum atomic E-state index is -4.52. The van der Waals surface area contributed by atoms with Gasteiger partial charge in [-0.25, -0.2) is 4.79 Å². The zero-order chi connectivity index (χ0) is 17.6. The van der Waals surface area contributed by atoms with Crippen molar-refractivity contribution < 1.29 is 37.0 Å².